The Bertz CT molecular complexity index is 1410. The molecule has 7 nitrogen and oxygen atoms in total. The Morgan fingerprint density at radius 1 is 1.05 bits per heavy atom. The van der Waals surface area contributed by atoms with Gasteiger partial charge in [-0.3, -0.25) is 4.98 Å². The van der Waals surface area contributed by atoms with Crippen LogP contribution in [0, 0.1) is 6.92 Å². The Morgan fingerprint density at radius 3 is 2.66 bits per heavy atom. The smallest absolute Gasteiger partial charge is 0.232 e. The van der Waals surface area contributed by atoms with Crippen molar-refractivity contribution in [1.29, 1.82) is 0 Å². The molecule has 8 heteroatoms. The van der Waals surface area contributed by atoms with E-state index < -0.39 is 0 Å². The molecule has 196 valence electrons. The standard InChI is InChI=1S/C30H31N3O4S/c1-3-4-10-24-27(33-18-8-19-36-26-12-6-5-11-25(26)33)28(34)29(30(35)32-24)38-37-22-15-13-21(14-16-22)23-9-7-17-31-20(23)2/h5-7,9,11-17H,3-4,8,10,18-19H2,1-2H3,(H2,32,34,35). The molecule has 0 atom stereocenters. The Hall–Kier alpha value is -3.91. The largest absolute Gasteiger partial charge is 0.504 e. The Morgan fingerprint density at radius 2 is 1.87 bits per heavy atom. The zero-order valence-corrected chi connectivity index (χ0v) is 22.4. The summed E-state index contributed by atoms with van der Waals surface area (Å²) in [7, 11) is 0. The van der Waals surface area contributed by atoms with E-state index in [1.54, 1.807) is 6.20 Å². The highest BCUT2D eigenvalue weighted by Gasteiger charge is 2.28. The number of aromatic nitrogens is 2. The maximum atomic E-state index is 11.5. The number of unbranched alkanes of at least 4 members (excludes halogenated alkanes) is 1. The molecule has 0 fully saturated rings. The van der Waals surface area contributed by atoms with E-state index in [4.69, 9.17) is 8.92 Å². The Kier molecular flexibility index (Phi) is 7.89. The van der Waals surface area contributed by atoms with Crippen LogP contribution in [0.15, 0.2) is 71.8 Å². The third kappa shape index (κ3) is 5.36. The van der Waals surface area contributed by atoms with Crippen LogP contribution >= 0.6 is 12.0 Å². The number of hydrogen-bond donors (Lipinski definition) is 2. The van der Waals surface area contributed by atoms with Gasteiger partial charge in [-0.1, -0.05) is 43.7 Å². The van der Waals surface area contributed by atoms with Gasteiger partial charge in [0.05, 0.1) is 18.0 Å². The van der Waals surface area contributed by atoms with Gasteiger partial charge in [0.2, 0.25) is 5.88 Å². The van der Waals surface area contributed by atoms with Crippen molar-refractivity contribution in [1.82, 2.24) is 9.97 Å². The van der Waals surface area contributed by atoms with Crippen LogP contribution in [0.3, 0.4) is 0 Å². The highest BCUT2D eigenvalue weighted by atomic mass is 32.2. The number of rotatable bonds is 8. The zero-order chi connectivity index (χ0) is 26.5. The molecule has 0 spiro atoms. The van der Waals surface area contributed by atoms with Crippen LogP contribution in [0.1, 0.15) is 37.6 Å². The molecule has 0 saturated carbocycles. The van der Waals surface area contributed by atoms with Gasteiger partial charge < -0.3 is 24.0 Å². The summed E-state index contributed by atoms with van der Waals surface area (Å²) in [6.07, 6.45) is 5.05. The fraction of sp³-hybridized carbons (Fsp3) is 0.267. The molecule has 2 aromatic heterocycles. The van der Waals surface area contributed by atoms with Crippen LogP contribution in [0.4, 0.5) is 11.4 Å². The molecule has 3 heterocycles. The predicted molar refractivity (Wildman–Crippen MR) is 151 cm³/mol. The van der Waals surface area contributed by atoms with Gasteiger partial charge >= 0.3 is 0 Å². The normalized spacial score (nSPS) is 12.9. The van der Waals surface area contributed by atoms with E-state index in [2.05, 4.69) is 16.9 Å². The van der Waals surface area contributed by atoms with Gasteiger partial charge in [-0.05, 0) is 62.1 Å². The van der Waals surface area contributed by atoms with Crippen molar-refractivity contribution in [2.45, 2.75) is 44.4 Å². The van der Waals surface area contributed by atoms with Gasteiger partial charge in [0.1, 0.15) is 29.2 Å². The number of para-hydroxylation sites is 2. The molecule has 2 N–H and O–H groups in total. The minimum Gasteiger partial charge on any atom is -0.504 e. The zero-order valence-electron chi connectivity index (χ0n) is 21.6. The number of hydrogen-bond acceptors (Lipinski definition) is 8. The number of nitrogens with zero attached hydrogens (tertiary/aromatic N) is 3. The summed E-state index contributed by atoms with van der Waals surface area (Å²) in [5.41, 5.74) is 5.14. The van der Waals surface area contributed by atoms with Crippen molar-refractivity contribution in [2.24, 2.45) is 0 Å². The quantitative estimate of drug-likeness (QED) is 0.232. The molecule has 1 aliphatic heterocycles. The number of fused-ring (bicyclic) bond motifs is 1. The second-order valence-corrected chi connectivity index (χ2v) is 9.90. The maximum Gasteiger partial charge on any atom is 0.232 e. The molecule has 1 aliphatic rings. The fourth-order valence-electron chi connectivity index (χ4n) is 4.59. The summed E-state index contributed by atoms with van der Waals surface area (Å²) in [5.74, 6) is 1.05. The number of anilines is 2. The van der Waals surface area contributed by atoms with E-state index in [9.17, 15) is 10.2 Å². The summed E-state index contributed by atoms with van der Waals surface area (Å²) >= 11 is 0.896. The molecule has 0 radical (unpaired) electrons. The first-order valence-corrected chi connectivity index (χ1v) is 13.6. The molecule has 4 aromatic rings. The van der Waals surface area contributed by atoms with Gasteiger partial charge in [-0.2, -0.15) is 0 Å². The summed E-state index contributed by atoms with van der Waals surface area (Å²) in [4.78, 5) is 11.1. The van der Waals surface area contributed by atoms with Crippen molar-refractivity contribution in [3.05, 3.63) is 78.2 Å². The first-order chi connectivity index (χ1) is 18.6. The molecular weight excluding hydrogens is 498 g/mol. The van der Waals surface area contributed by atoms with E-state index in [1.165, 1.54) is 0 Å². The van der Waals surface area contributed by atoms with Crippen LogP contribution in [0.2, 0.25) is 0 Å². The molecule has 0 unspecified atom stereocenters. The lowest BCUT2D eigenvalue weighted by Gasteiger charge is -2.27. The van der Waals surface area contributed by atoms with Gasteiger partial charge in [0.15, 0.2) is 10.6 Å². The lowest BCUT2D eigenvalue weighted by molar-refractivity contribution is 0.322. The number of ether oxygens (including phenoxy) is 1. The second kappa shape index (κ2) is 11.6. The third-order valence-corrected chi connectivity index (χ3v) is 7.35. The minimum absolute atomic E-state index is 0.0482. The van der Waals surface area contributed by atoms with Crippen LogP contribution in [-0.2, 0) is 6.42 Å². The first kappa shape index (κ1) is 25.7. The number of aryl methyl sites for hydroxylation is 2. The van der Waals surface area contributed by atoms with Gasteiger partial charge in [0.25, 0.3) is 0 Å². The highest BCUT2D eigenvalue weighted by molar-refractivity contribution is 7.95. The molecule has 0 aliphatic carbocycles. The first-order valence-electron chi connectivity index (χ1n) is 12.9. The van der Waals surface area contributed by atoms with E-state index in [1.807, 2.05) is 72.5 Å². The van der Waals surface area contributed by atoms with Gasteiger partial charge in [0, 0.05) is 24.0 Å². The molecular formula is C30H31N3O4S. The summed E-state index contributed by atoms with van der Waals surface area (Å²) in [6, 6.07) is 19.4. The molecule has 38 heavy (non-hydrogen) atoms. The average molecular weight is 530 g/mol. The lowest BCUT2D eigenvalue weighted by Crippen LogP contribution is -2.20. The third-order valence-electron chi connectivity index (χ3n) is 6.53. The fourth-order valence-corrected chi connectivity index (χ4v) is 5.18. The van der Waals surface area contributed by atoms with Crippen molar-refractivity contribution in [2.75, 3.05) is 18.1 Å². The van der Waals surface area contributed by atoms with Gasteiger partial charge in [-0.25, -0.2) is 4.98 Å². The van der Waals surface area contributed by atoms with Crippen molar-refractivity contribution >= 4 is 23.4 Å². The Labute approximate surface area is 227 Å². The number of pyridine rings is 2. The van der Waals surface area contributed by atoms with E-state index in [-0.39, 0.29) is 16.5 Å². The van der Waals surface area contributed by atoms with Crippen molar-refractivity contribution in [3.63, 3.8) is 0 Å². The lowest BCUT2D eigenvalue weighted by atomic mass is 10.0. The summed E-state index contributed by atoms with van der Waals surface area (Å²) < 4.78 is 11.9. The second-order valence-electron chi connectivity index (χ2n) is 9.16. The molecule has 2 aromatic carbocycles. The van der Waals surface area contributed by atoms with E-state index in [0.29, 0.717) is 36.7 Å². The van der Waals surface area contributed by atoms with Crippen LogP contribution < -0.4 is 13.8 Å². The maximum absolute atomic E-state index is 11.5. The highest BCUT2D eigenvalue weighted by Crippen LogP contribution is 2.48. The summed E-state index contributed by atoms with van der Waals surface area (Å²) in [6.45, 7) is 5.32. The monoisotopic (exact) mass is 529 g/mol. The predicted octanol–water partition coefficient (Wildman–Crippen LogP) is 7.21. The van der Waals surface area contributed by atoms with Crippen LogP contribution in [0.25, 0.3) is 11.1 Å². The van der Waals surface area contributed by atoms with Crippen LogP contribution in [-0.4, -0.2) is 33.3 Å². The molecule has 5 rings (SSSR count). The van der Waals surface area contributed by atoms with E-state index in [0.717, 1.165) is 59.6 Å². The summed E-state index contributed by atoms with van der Waals surface area (Å²) in [5, 5.41) is 22.4. The van der Waals surface area contributed by atoms with Gasteiger partial charge in [-0.15, -0.1) is 0 Å². The minimum atomic E-state index is -0.246. The number of aromatic hydroxyl groups is 2. The molecule has 0 amide bonds. The van der Waals surface area contributed by atoms with Crippen molar-refractivity contribution in [3.8, 4) is 34.3 Å². The topological polar surface area (TPSA) is 87.9 Å². The average Bonchev–Trinajstić information content (AvgIpc) is 3.15. The van der Waals surface area contributed by atoms with E-state index >= 15 is 0 Å². The number of benzene rings is 2. The van der Waals surface area contributed by atoms with Crippen molar-refractivity contribution < 1.29 is 19.1 Å². The SMILES string of the molecule is CCCCc1nc(O)c(SOc2ccc(-c3cccnc3C)cc2)c(O)c1N1CCCOc2ccccc21. The molecule has 0 bridgehead atoms. The van der Waals surface area contributed by atoms with Crippen LogP contribution in [0.5, 0.6) is 23.1 Å². The molecule has 0 saturated heterocycles. The Balaban J connectivity index is 1.46.